The van der Waals surface area contributed by atoms with E-state index in [0.29, 0.717) is 12.0 Å². The summed E-state index contributed by atoms with van der Waals surface area (Å²) in [7, 11) is 6.29. The quantitative estimate of drug-likeness (QED) is 0.789. The Morgan fingerprint density at radius 2 is 2.11 bits per heavy atom. The van der Waals surface area contributed by atoms with Crippen molar-refractivity contribution in [2.75, 3.05) is 34.2 Å². The lowest BCUT2D eigenvalue weighted by atomic mass is 9.69. The minimum atomic E-state index is -0.638. The van der Waals surface area contributed by atoms with E-state index in [2.05, 4.69) is 22.6 Å². The number of likely N-dealkylation sites (tertiary alicyclic amines) is 1. The number of piperidine rings is 1. The van der Waals surface area contributed by atoms with Crippen LogP contribution in [-0.4, -0.2) is 60.8 Å². The van der Waals surface area contributed by atoms with Crippen molar-refractivity contribution in [3.05, 3.63) is 17.9 Å². The van der Waals surface area contributed by atoms with E-state index < -0.39 is 5.60 Å². The molecule has 0 aromatic rings. The van der Waals surface area contributed by atoms with Crippen LogP contribution in [-0.2, 0) is 0 Å². The highest BCUT2D eigenvalue weighted by molar-refractivity contribution is 5.11. The van der Waals surface area contributed by atoms with E-state index in [9.17, 15) is 5.11 Å². The molecule has 19 heavy (non-hydrogen) atoms. The van der Waals surface area contributed by atoms with Crippen LogP contribution in [0.2, 0.25) is 0 Å². The Morgan fingerprint density at radius 1 is 1.37 bits per heavy atom. The van der Waals surface area contributed by atoms with Crippen molar-refractivity contribution in [3.63, 3.8) is 0 Å². The zero-order valence-corrected chi connectivity index (χ0v) is 12.6. The van der Waals surface area contributed by atoms with Gasteiger partial charge in [0.2, 0.25) is 0 Å². The average Bonchev–Trinajstić information content (AvgIpc) is 2.40. The fraction of sp³-hybridized carbons (Fsp3) is 0.812. The van der Waals surface area contributed by atoms with Crippen molar-refractivity contribution in [3.8, 4) is 0 Å². The van der Waals surface area contributed by atoms with Crippen molar-refractivity contribution < 1.29 is 5.11 Å². The van der Waals surface area contributed by atoms with Crippen LogP contribution in [0.15, 0.2) is 17.9 Å². The fourth-order valence-electron chi connectivity index (χ4n) is 3.55. The molecule has 3 unspecified atom stereocenters. The first-order chi connectivity index (χ1) is 9.03. The summed E-state index contributed by atoms with van der Waals surface area (Å²) in [5, 5.41) is 11.0. The first-order valence-electron chi connectivity index (χ1n) is 7.52. The van der Waals surface area contributed by atoms with Crippen LogP contribution < -0.4 is 0 Å². The van der Waals surface area contributed by atoms with E-state index in [4.69, 9.17) is 0 Å². The number of rotatable bonds is 3. The van der Waals surface area contributed by atoms with Crippen LogP contribution in [0.4, 0.5) is 0 Å². The number of aliphatic hydroxyl groups is 1. The molecule has 108 valence electrons. The monoisotopic (exact) mass is 264 g/mol. The maximum absolute atomic E-state index is 11.0. The molecule has 1 heterocycles. The topological polar surface area (TPSA) is 26.7 Å². The van der Waals surface area contributed by atoms with Crippen molar-refractivity contribution in [2.45, 2.75) is 43.7 Å². The zero-order chi connectivity index (χ0) is 13.9. The van der Waals surface area contributed by atoms with E-state index >= 15 is 0 Å². The summed E-state index contributed by atoms with van der Waals surface area (Å²) in [6, 6.07) is 0.555. The van der Waals surface area contributed by atoms with Crippen molar-refractivity contribution in [1.82, 2.24) is 9.80 Å². The Morgan fingerprint density at radius 3 is 2.84 bits per heavy atom. The second-order valence-corrected chi connectivity index (χ2v) is 6.46. The summed E-state index contributed by atoms with van der Waals surface area (Å²) < 4.78 is 0. The first kappa shape index (κ1) is 14.8. The molecule has 3 nitrogen and oxygen atoms in total. The van der Waals surface area contributed by atoms with Crippen LogP contribution >= 0.6 is 0 Å². The molecule has 0 aromatic heterocycles. The summed E-state index contributed by atoms with van der Waals surface area (Å²) in [5.74, 6) is 0.389. The lowest BCUT2D eigenvalue weighted by Gasteiger charge is -2.50. The molecular weight excluding hydrogens is 236 g/mol. The van der Waals surface area contributed by atoms with Gasteiger partial charge in [0.25, 0.3) is 0 Å². The number of nitrogens with zero attached hydrogens (tertiary/aromatic N) is 2. The first-order valence-corrected chi connectivity index (χ1v) is 7.52. The normalized spacial score (nSPS) is 35.6. The second-order valence-electron chi connectivity index (χ2n) is 6.46. The predicted octanol–water partition coefficient (Wildman–Crippen LogP) is 1.88. The summed E-state index contributed by atoms with van der Waals surface area (Å²) in [4.78, 5) is 4.54. The van der Waals surface area contributed by atoms with Crippen LogP contribution in [0.25, 0.3) is 0 Å². The maximum atomic E-state index is 11.0. The third-order valence-electron chi connectivity index (χ3n) is 4.71. The summed E-state index contributed by atoms with van der Waals surface area (Å²) in [5.41, 5.74) is 2.58. The lowest BCUT2D eigenvalue weighted by Crippen LogP contribution is -2.56. The van der Waals surface area contributed by atoms with Gasteiger partial charge in [-0.25, -0.2) is 0 Å². The smallest absolute Gasteiger partial charge is 0.0955 e. The van der Waals surface area contributed by atoms with Gasteiger partial charge in [0.1, 0.15) is 0 Å². The molecule has 1 N–H and O–H groups in total. The van der Waals surface area contributed by atoms with E-state index in [1.807, 2.05) is 26.2 Å². The molecule has 3 atom stereocenters. The van der Waals surface area contributed by atoms with Crippen LogP contribution in [0, 0.1) is 5.92 Å². The highest BCUT2D eigenvalue weighted by Crippen LogP contribution is 2.41. The van der Waals surface area contributed by atoms with Crippen molar-refractivity contribution in [2.24, 2.45) is 5.92 Å². The molecule has 0 amide bonds. The minimum absolute atomic E-state index is 0.389. The molecule has 3 heteroatoms. The highest BCUT2D eigenvalue weighted by atomic mass is 16.3. The summed E-state index contributed by atoms with van der Waals surface area (Å²) in [6.07, 6.45) is 9.73. The number of likely N-dealkylation sites (N-methyl/N-ethyl adjacent to an activating group) is 1. The zero-order valence-electron chi connectivity index (χ0n) is 12.6. The van der Waals surface area contributed by atoms with Crippen LogP contribution in [0.3, 0.4) is 0 Å². The third-order valence-corrected chi connectivity index (χ3v) is 4.71. The Labute approximate surface area is 117 Å². The van der Waals surface area contributed by atoms with E-state index in [1.165, 1.54) is 19.3 Å². The Kier molecular flexibility index (Phi) is 4.86. The number of hydrogen-bond donors (Lipinski definition) is 1. The van der Waals surface area contributed by atoms with Crippen LogP contribution in [0.1, 0.15) is 32.1 Å². The van der Waals surface area contributed by atoms with Gasteiger partial charge in [0.15, 0.2) is 0 Å². The van der Waals surface area contributed by atoms with E-state index in [-0.39, 0.29) is 0 Å². The van der Waals surface area contributed by atoms with Crippen LogP contribution in [0.5, 0.6) is 0 Å². The van der Waals surface area contributed by atoms with Crippen molar-refractivity contribution in [1.29, 1.82) is 0 Å². The number of fused-ring (bicyclic) bond motifs is 1. The largest absolute Gasteiger partial charge is 0.385 e. The molecule has 1 aliphatic carbocycles. The standard InChI is InChI=1S/C16H28N2O/c1-17(2)12-7-6-10-16(19)11-13-18(3)15-9-5-4-8-14(15)16/h7,10,14-15,19H,4-5,8-9,11-13H2,1-3H3. The molecule has 2 rings (SSSR count). The lowest BCUT2D eigenvalue weighted by molar-refractivity contribution is -0.0763. The fourth-order valence-corrected chi connectivity index (χ4v) is 3.55. The molecule has 2 aliphatic rings. The SMILES string of the molecule is CN(C)CC=C=CC1(O)CCN(C)C2CCCCC21. The van der Waals surface area contributed by atoms with Crippen molar-refractivity contribution >= 4 is 0 Å². The molecule has 2 fully saturated rings. The molecule has 0 spiro atoms. The Hall–Kier alpha value is -0.600. The van der Waals surface area contributed by atoms with Gasteiger partial charge in [0.05, 0.1) is 5.60 Å². The Bertz CT molecular complexity index is 360. The average molecular weight is 264 g/mol. The summed E-state index contributed by atoms with van der Waals surface area (Å²) >= 11 is 0. The molecule has 1 aliphatic heterocycles. The maximum Gasteiger partial charge on any atom is 0.0955 e. The molecule has 0 radical (unpaired) electrons. The third kappa shape index (κ3) is 3.49. The van der Waals surface area contributed by atoms with Gasteiger partial charge in [-0.15, -0.1) is 5.73 Å². The van der Waals surface area contributed by atoms with Gasteiger partial charge in [-0.3, -0.25) is 0 Å². The van der Waals surface area contributed by atoms with Gasteiger partial charge >= 0.3 is 0 Å². The van der Waals surface area contributed by atoms with Gasteiger partial charge in [-0.2, -0.15) is 0 Å². The van der Waals surface area contributed by atoms with Gasteiger partial charge in [-0.05, 0) is 52.6 Å². The molecule has 1 saturated carbocycles. The van der Waals surface area contributed by atoms with Gasteiger partial charge in [-0.1, -0.05) is 12.8 Å². The summed E-state index contributed by atoms with van der Waals surface area (Å²) in [6.45, 7) is 1.87. The molecular formula is C16H28N2O. The molecule has 0 aromatic carbocycles. The van der Waals surface area contributed by atoms with E-state index in [1.54, 1.807) is 0 Å². The highest BCUT2D eigenvalue weighted by Gasteiger charge is 2.45. The van der Waals surface area contributed by atoms with Gasteiger partial charge in [0, 0.05) is 25.0 Å². The second kappa shape index (κ2) is 6.23. The predicted molar refractivity (Wildman–Crippen MR) is 79.1 cm³/mol. The minimum Gasteiger partial charge on any atom is -0.385 e. The number of hydrogen-bond acceptors (Lipinski definition) is 3. The van der Waals surface area contributed by atoms with E-state index in [0.717, 1.165) is 25.9 Å². The Balaban J connectivity index is 2.10. The van der Waals surface area contributed by atoms with Gasteiger partial charge < -0.3 is 14.9 Å². The molecule has 0 bridgehead atoms. The molecule has 1 saturated heterocycles.